The van der Waals surface area contributed by atoms with Gasteiger partial charge in [-0.25, -0.2) is 17.2 Å². The van der Waals surface area contributed by atoms with Crippen molar-refractivity contribution in [3.05, 3.63) is 59.7 Å². The van der Waals surface area contributed by atoms with Crippen LogP contribution in [-0.4, -0.2) is 28.6 Å². The van der Waals surface area contributed by atoms with Crippen LogP contribution >= 0.6 is 0 Å². The number of nitrogens with zero attached hydrogens (tertiary/aromatic N) is 1. The predicted octanol–water partition coefficient (Wildman–Crippen LogP) is 2.80. The maximum atomic E-state index is 13.9. The summed E-state index contributed by atoms with van der Waals surface area (Å²) in [5, 5.41) is 0. The lowest BCUT2D eigenvalue weighted by Crippen LogP contribution is -2.54. The lowest BCUT2D eigenvalue weighted by molar-refractivity contribution is 0.352. The zero-order chi connectivity index (χ0) is 21.7. The molecule has 1 heterocycles. The summed E-state index contributed by atoms with van der Waals surface area (Å²) < 4.78 is 87.5. The van der Waals surface area contributed by atoms with Crippen molar-refractivity contribution in [3.8, 4) is 5.75 Å². The van der Waals surface area contributed by atoms with Gasteiger partial charge in [-0.3, -0.25) is 4.31 Å². The van der Waals surface area contributed by atoms with E-state index in [0.717, 1.165) is 18.2 Å². The van der Waals surface area contributed by atoms with Crippen LogP contribution in [0.5, 0.6) is 5.75 Å². The van der Waals surface area contributed by atoms with E-state index in [1.807, 2.05) is 0 Å². The first kappa shape index (κ1) is 21.0. The molecule has 1 N–H and O–H groups in total. The average Bonchev–Trinajstić information content (AvgIpc) is 3.19. The monoisotopic (exact) mass is 458 g/mol. The molecule has 0 saturated heterocycles. The Balaban J connectivity index is 1.78. The average molecular weight is 459 g/mol. The van der Waals surface area contributed by atoms with Crippen molar-refractivity contribution >= 4 is 26.0 Å². The highest BCUT2D eigenvalue weighted by Crippen LogP contribution is 2.53. The molecule has 0 amide bonds. The molecule has 1 aliphatic carbocycles. The zero-order valence-electron chi connectivity index (χ0n) is 16.0. The first-order valence-corrected chi connectivity index (χ1v) is 12.4. The Morgan fingerprint density at radius 2 is 1.77 bits per heavy atom. The molecule has 7 nitrogen and oxygen atoms in total. The van der Waals surface area contributed by atoms with Gasteiger partial charge in [-0.1, -0.05) is 24.3 Å². The smallest absolute Gasteiger partial charge is 0.365 e. The fourth-order valence-electron chi connectivity index (χ4n) is 4.40. The summed E-state index contributed by atoms with van der Waals surface area (Å²) >= 11 is 0. The minimum Gasteiger partial charge on any atom is -0.365 e. The third kappa shape index (κ3) is 3.25. The Hall–Kier alpha value is -2.24. The number of anilines is 1. The molecular weight excluding hydrogens is 438 g/mol. The molecule has 0 radical (unpaired) electrons. The second-order valence-electron chi connectivity index (χ2n) is 7.28. The molecule has 162 valence electrons. The van der Waals surface area contributed by atoms with Crippen LogP contribution < -0.4 is 13.2 Å². The predicted molar refractivity (Wildman–Crippen MR) is 107 cm³/mol. The third-order valence-corrected chi connectivity index (χ3v) is 8.39. The van der Waals surface area contributed by atoms with Crippen LogP contribution in [0.1, 0.15) is 31.7 Å². The maximum absolute atomic E-state index is 13.9. The molecule has 2 atom stereocenters. The van der Waals surface area contributed by atoms with E-state index in [1.54, 1.807) is 24.3 Å². The van der Waals surface area contributed by atoms with Gasteiger partial charge < -0.3 is 4.18 Å². The fraction of sp³-hybridized carbons (Fsp3) is 0.368. The third-order valence-electron chi connectivity index (χ3n) is 5.61. The Morgan fingerprint density at radius 1 is 1.10 bits per heavy atom. The van der Waals surface area contributed by atoms with Gasteiger partial charge in [0.25, 0.3) is 0 Å². The fourth-order valence-corrected chi connectivity index (χ4v) is 7.03. The highest BCUT2D eigenvalue weighted by atomic mass is 32.2. The minimum atomic E-state index is -4.70. The highest BCUT2D eigenvalue weighted by Gasteiger charge is 2.58. The summed E-state index contributed by atoms with van der Waals surface area (Å²) in [6.07, 6.45) is 1.29. The van der Waals surface area contributed by atoms with Crippen molar-refractivity contribution in [1.82, 2.24) is 4.72 Å². The number of para-hydroxylation sites is 2. The van der Waals surface area contributed by atoms with E-state index >= 15 is 0 Å². The maximum Gasteiger partial charge on any atom is 0.383 e. The summed E-state index contributed by atoms with van der Waals surface area (Å²) in [6, 6.07) is 8.78. The molecule has 4 rings (SSSR count). The van der Waals surface area contributed by atoms with Crippen molar-refractivity contribution in [2.75, 3.05) is 10.1 Å². The van der Waals surface area contributed by atoms with Crippen molar-refractivity contribution in [2.24, 2.45) is 0 Å². The Labute approximate surface area is 174 Å². The Bertz CT molecular complexity index is 1180. The second kappa shape index (κ2) is 7.17. The Morgan fingerprint density at radius 3 is 2.43 bits per heavy atom. The standard InChI is InChI=1S/C19H20F2N2O5S2/c1-2-29(24,25)23-16-10-4-3-7-13(16)19(12-6-11-17(19)23)22-30(26,27)28-18-14(20)8-5-9-15(18)21/h3-5,7-10,17,22H,2,6,11-12H2,1H3/t17-,19+/m1/s1. The number of nitrogens with one attached hydrogen (secondary N) is 1. The van der Waals surface area contributed by atoms with Gasteiger partial charge in [0, 0.05) is 0 Å². The number of halogens is 2. The molecule has 1 saturated carbocycles. The molecule has 2 aromatic rings. The molecule has 1 aliphatic heterocycles. The number of rotatable bonds is 6. The SMILES string of the molecule is CCS(=O)(=O)N1c2ccccc2[C@@]2(NS(=O)(=O)Oc3c(F)cccc3F)CCC[C@@H]12. The van der Waals surface area contributed by atoms with Gasteiger partial charge in [0.05, 0.1) is 23.0 Å². The van der Waals surface area contributed by atoms with Crippen molar-refractivity contribution < 1.29 is 29.8 Å². The van der Waals surface area contributed by atoms with Gasteiger partial charge in [0.2, 0.25) is 15.8 Å². The van der Waals surface area contributed by atoms with E-state index in [0.29, 0.717) is 30.5 Å². The van der Waals surface area contributed by atoms with Gasteiger partial charge in [-0.2, -0.15) is 13.1 Å². The van der Waals surface area contributed by atoms with Crippen LogP contribution in [0, 0.1) is 11.6 Å². The van der Waals surface area contributed by atoms with Gasteiger partial charge in [-0.15, -0.1) is 0 Å². The van der Waals surface area contributed by atoms with E-state index in [2.05, 4.69) is 4.72 Å². The van der Waals surface area contributed by atoms with Crippen LogP contribution in [0.2, 0.25) is 0 Å². The number of fused-ring (bicyclic) bond motifs is 3. The van der Waals surface area contributed by atoms with Crippen LogP contribution in [0.4, 0.5) is 14.5 Å². The number of sulfonamides is 1. The molecule has 0 bridgehead atoms. The molecule has 0 spiro atoms. The quantitative estimate of drug-likeness (QED) is 0.719. The van der Waals surface area contributed by atoms with Gasteiger partial charge >= 0.3 is 10.3 Å². The largest absolute Gasteiger partial charge is 0.383 e. The summed E-state index contributed by atoms with van der Waals surface area (Å²) in [5.74, 6) is -3.52. The van der Waals surface area contributed by atoms with Crippen molar-refractivity contribution in [3.63, 3.8) is 0 Å². The molecule has 1 fully saturated rings. The van der Waals surface area contributed by atoms with E-state index in [-0.39, 0.29) is 5.75 Å². The van der Waals surface area contributed by atoms with Crippen molar-refractivity contribution in [1.29, 1.82) is 0 Å². The molecule has 30 heavy (non-hydrogen) atoms. The molecule has 11 heteroatoms. The molecule has 0 aromatic heterocycles. The van der Waals surface area contributed by atoms with Gasteiger partial charge in [0.15, 0.2) is 11.6 Å². The number of benzene rings is 2. The van der Waals surface area contributed by atoms with E-state index in [4.69, 9.17) is 4.18 Å². The second-order valence-corrected chi connectivity index (χ2v) is 10.7. The van der Waals surface area contributed by atoms with Crippen LogP contribution in [0.15, 0.2) is 42.5 Å². The topological polar surface area (TPSA) is 92.8 Å². The van der Waals surface area contributed by atoms with Crippen molar-refractivity contribution in [2.45, 2.75) is 37.8 Å². The molecular formula is C19H20F2N2O5S2. The van der Waals surface area contributed by atoms with E-state index in [9.17, 15) is 25.6 Å². The first-order valence-electron chi connectivity index (χ1n) is 9.40. The molecule has 2 aromatic carbocycles. The number of hydrogen-bond acceptors (Lipinski definition) is 5. The summed E-state index contributed by atoms with van der Waals surface area (Å²) in [7, 11) is -8.39. The zero-order valence-corrected chi connectivity index (χ0v) is 17.6. The number of hydrogen-bond donors (Lipinski definition) is 1. The Kier molecular flexibility index (Phi) is 5.02. The highest BCUT2D eigenvalue weighted by molar-refractivity contribution is 7.92. The first-order chi connectivity index (χ1) is 14.1. The molecule has 2 aliphatic rings. The van der Waals surface area contributed by atoms with E-state index in [1.165, 1.54) is 11.2 Å². The van der Waals surface area contributed by atoms with Crippen LogP contribution in [0.25, 0.3) is 0 Å². The van der Waals surface area contributed by atoms with Gasteiger partial charge in [0.1, 0.15) is 0 Å². The van der Waals surface area contributed by atoms with Crippen LogP contribution in [0.3, 0.4) is 0 Å². The summed E-state index contributed by atoms with van der Waals surface area (Å²) in [4.78, 5) is 0. The van der Waals surface area contributed by atoms with Gasteiger partial charge in [-0.05, 0) is 49.9 Å². The molecule has 0 unspecified atom stereocenters. The minimum absolute atomic E-state index is 0.155. The summed E-state index contributed by atoms with van der Waals surface area (Å²) in [6.45, 7) is 1.52. The van der Waals surface area contributed by atoms with Crippen LogP contribution in [-0.2, 0) is 25.9 Å². The normalized spacial score (nSPS) is 23.3. The lowest BCUT2D eigenvalue weighted by Gasteiger charge is -2.33. The summed E-state index contributed by atoms with van der Waals surface area (Å²) in [5.41, 5.74) is -0.408. The van der Waals surface area contributed by atoms with E-state index < -0.39 is 49.3 Å². The lowest BCUT2D eigenvalue weighted by atomic mass is 9.89.